The topological polar surface area (TPSA) is 88.9 Å². The molecule has 1 fully saturated rings. The predicted octanol–water partition coefficient (Wildman–Crippen LogP) is 2.65. The average Bonchev–Trinajstić information content (AvgIpc) is 3.14. The SMILES string of the molecule is COc1cc(NC(=O)N2CCc3c(c(C(=O)N4CCCCC4)nn3C)C2)cc(OC)c1. The van der Waals surface area contributed by atoms with E-state index in [9.17, 15) is 9.59 Å². The van der Waals surface area contributed by atoms with Gasteiger partial charge in [0, 0.05) is 68.2 Å². The number of nitrogens with one attached hydrogen (secondary N) is 1. The van der Waals surface area contributed by atoms with Crippen molar-refractivity contribution in [3.05, 3.63) is 35.2 Å². The van der Waals surface area contributed by atoms with Gasteiger partial charge in [-0.3, -0.25) is 9.48 Å². The summed E-state index contributed by atoms with van der Waals surface area (Å²) < 4.78 is 12.3. The first-order valence-electron chi connectivity index (χ1n) is 10.6. The number of benzene rings is 1. The number of nitrogens with zero attached hydrogens (tertiary/aromatic N) is 4. The molecule has 0 atom stereocenters. The molecule has 1 aromatic heterocycles. The van der Waals surface area contributed by atoms with Crippen LogP contribution in [0.5, 0.6) is 11.5 Å². The van der Waals surface area contributed by atoms with Crippen LogP contribution in [0.2, 0.25) is 0 Å². The molecule has 31 heavy (non-hydrogen) atoms. The molecular weight excluding hydrogens is 398 g/mol. The van der Waals surface area contributed by atoms with Crippen LogP contribution in [0.1, 0.15) is 41.0 Å². The summed E-state index contributed by atoms with van der Waals surface area (Å²) >= 11 is 0. The Balaban J connectivity index is 1.52. The molecular formula is C22H29N5O4. The summed E-state index contributed by atoms with van der Waals surface area (Å²) in [7, 11) is 5.00. The quantitative estimate of drug-likeness (QED) is 0.810. The van der Waals surface area contributed by atoms with Gasteiger partial charge in [0.15, 0.2) is 5.69 Å². The third kappa shape index (κ3) is 4.30. The zero-order valence-corrected chi connectivity index (χ0v) is 18.3. The Hall–Kier alpha value is -3.23. The number of anilines is 1. The van der Waals surface area contributed by atoms with E-state index in [1.807, 2.05) is 11.9 Å². The highest BCUT2D eigenvalue weighted by molar-refractivity contribution is 5.95. The standard InChI is InChI=1S/C22H29N5O4/c1-25-19-7-10-27(22(29)23-15-11-16(30-2)13-17(12-15)31-3)14-18(19)20(24-25)21(28)26-8-5-4-6-9-26/h11-13H,4-10,14H2,1-3H3,(H,23,29). The lowest BCUT2D eigenvalue weighted by atomic mass is 10.0. The van der Waals surface area contributed by atoms with Gasteiger partial charge in [-0.2, -0.15) is 5.10 Å². The maximum Gasteiger partial charge on any atom is 0.322 e. The van der Waals surface area contributed by atoms with Gasteiger partial charge in [-0.25, -0.2) is 4.79 Å². The number of carbonyl (C=O) groups is 2. The highest BCUT2D eigenvalue weighted by Gasteiger charge is 2.31. The fraction of sp³-hybridized carbons (Fsp3) is 0.500. The van der Waals surface area contributed by atoms with Crippen molar-refractivity contribution in [3.63, 3.8) is 0 Å². The Bertz CT molecular complexity index is 958. The van der Waals surface area contributed by atoms with Crippen molar-refractivity contribution >= 4 is 17.6 Å². The Morgan fingerprint density at radius 3 is 2.29 bits per heavy atom. The fourth-order valence-electron chi connectivity index (χ4n) is 4.27. The van der Waals surface area contributed by atoms with Crippen molar-refractivity contribution in [3.8, 4) is 11.5 Å². The van der Waals surface area contributed by atoms with Crippen LogP contribution in [0.25, 0.3) is 0 Å². The number of methoxy groups -OCH3 is 2. The van der Waals surface area contributed by atoms with Crippen LogP contribution in [0.4, 0.5) is 10.5 Å². The van der Waals surface area contributed by atoms with E-state index in [0.29, 0.717) is 42.4 Å². The van der Waals surface area contributed by atoms with Crippen molar-refractivity contribution in [2.24, 2.45) is 7.05 Å². The number of hydrogen-bond donors (Lipinski definition) is 1. The zero-order chi connectivity index (χ0) is 22.0. The summed E-state index contributed by atoms with van der Waals surface area (Å²) in [6.07, 6.45) is 3.87. The monoisotopic (exact) mass is 427 g/mol. The van der Waals surface area contributed by atoms with E-state index in [1.54, 1.807) is 42.0 Å². The molecule has 0 unspecified atom stereocenters. The summed E-state index contributed by atoms with van der Waals surface area (Å²) in [5.74, 6) is 1.16. The lowest BCUT2D eigenvalue weighted by molar-refractivity contribution is 0.0715. The molecule has 2 aromatic rings. The molecule has 0 aliphatic carbocycles. The number of aromatic nitrogens is 2. The largest absolute Gasteiger partial charge is 0.497 e. The Kier molecular flexibility index (Phi) is 6.01. The minimum atomic E-state index is -0.235. The number of rotatable bonds is 4. The molecule has 0 radical (unpaired) electrons. The molecule has 0 spiro atoms. The van der Waals surface area contributed by atoms with Crippen molar-refractivity contribution in [1.29, 1.82) is 0 Å². The van der Waals surface area contributed by atoms with Crippen LogP contribution < -0.4 is 14.8 Å². The lowest BCUT2D eigenvalue weighted by Gasteiger charge is -2.29. The smallest absolute Gasteiger partial charge is 0.322 e. The number of ether oxygens (including phenoxy) is 2. The van der Waals surface area contributed by atoms with E-state index in [4.69, 9.17) is 9.47 Å². The Labute approximate surface area is 181 Å². The van der Waals surface area contributed by atoms with Gasteiger partial charge in [0.1, 0.15) is 11.5 Å². The third-order valence-corrected chi connectivity index (χ3v) is 5.98. The van der Waals surface area contributed by atoms with Crippen LogP contribution in [0, 0.1) is 0 Å². The number of aryl methyl sites for hydroxylation is 1. The van der Waals surface area contributed by atoms with Crippen LogP contribution in [0.15, 0.2) is 18.2 Å². The van der Waals surface area contributed by atoms with Gasteiger partial charge in [0.2, 0.25) is 0 Å². The molecule has 2 aliphatic rings. The summed E-state index contributed by atoms with van der Waals surface area (Å²) in [5, 5.41) is 7.44. The molecule has 1 N–H and O–H groups in total. The first kappa shape index (κ1) is 21.0. The summed E-state index contributed by atoms with van der Waals surface area (Å²) in [4.78, 5) is 29.7. The first-order valence-corrected chi connectivity index (χ1v) is 10.6. The number of hydrogen-bond acceptors (Lipinski definition) is 5. The summed E-state index contributed by atoms with van der Waals surface area (Å²) in [6.45, 7) is 2.44. The van der Waals surface area contributed by atoms with Crippen LogP contribution in [0.3, 0.4) is 0 Å². The molecule has 3 amide bonds. The number of piperidine rings is 1. The molecule has 2 aliphatic heterocycles. The van der Waals surface area contributed by atoms with Gasteiger partial charge in [-0.1, -0.05) is 0 Å². The average molecular weight is 428 g/mol. The molecule has 3 heterocycles. The van der Waals surface area contributed by atoms with E-state index < -0.39 is 0 Å². The second-order valence-electron chi connectivity index (χ2n) is 7.95. The minimum absolute atomic E-state index is 0.0312. The maximum atomic E-state index is 13.1. The lowest BCUT2D eigenvalue weighted by Crippen LogP contribution is -2.40. The molecule has 1 saturated heterocycles. The van der Waals surface area contributed by atoms with Crippen LogP contribution in [-0.4, -0.2) is 65.4 Å². The second-order valence-corrected chi connectivity index (χ2v) is 7.95. The molecule has 0 saturated carbocycles. The fourth-order valence-corrected chi connectivity index (χ4v) is 4.27. The van der Waals surface area contributed by atoms with Gasteiger partial charge in [-0.15, -0.1) is 0 Å². The van der Waals surface area contributed by atoms with E-state index in [-0.39, 0.29) is 11.9 Å². The molecule has 166 valence electrons. The van der Waals surface area contributed by atoms with Crippen molar-refractivity contribution < 1.29 is 19.1 Å². The third-order valence-electron chi connectivity index (χ3n) is 5.98. The van der Waals surface area contributed by atoms with Gasteiger partial charge >= 0.3 is 6.03 Å². The van der Waals surface area contributed by atoms with Crippen molar-refractivity contribution in [1.82, 2.24) is 19.6 Å². The van der Waals surface area contributed by atoms with E-state index >= 15 is 0 Å². The van der Waals surface area contributed by atoms with E-state index in [2.05, 4.69) is 10.4 Å². The Morgan fingerprint density at radius 2 is 1.65 bits per heavy atom. The van der Waals surface area contributed by atoms with Gasteiger partial charge in [0.25, 0.3) is 5.91 Å². The van der Waals surface area contributed by atoms with E-state index in [1.165, 1.54) is 0 Å². The molecule has 0 bridgehead atoms. The van der Waals surface area contributed by atoms with Gasteiger partial charge < -0.3 is 24.6 Å². The van der Waals surface area contributed by atoms with Crippen molar-refractivity contribution in [2.45, 2.75) is 32.2 Å². The van der Waals surface area contributed by atoms with Gasteiger partial charge in [-0.05, 0) is 19.3 Å². The number of fused-ring (bicyclic) bond motifs is 1. The molecule has 9 nitrogen and oxygen atoms in total. The highest BCUT2D eigenvalue weighted by Crippen LogP contribution is 2.28. The molecule has 4 rings (SSSR count). The summed E-state index contributed by atoms with van der Waals surface area (Å²) in [5.41, 5.74) is 2.93. The van der Waals surface area contributed by atoms with Crippen LogP contribution in [-0.2, 0) is 20.0 Å². The predicted molar refractivity (Wildman–Crippen MR) is 116 cm³/mol. The van der Waals surface area contributed by atoms with E-state index in [0.717, 1.165) is 43.6 Å². The number of amides is 3. The molecule has 9 heteroatoms. The molecule has 1 aromatic carbocycles. The first-order chi connectivity index (χ1) is 15.0. The summed E-state index contributed by atoms with van der Waals surface area (Å²) in [6, 6.07) is 4.99. The number of likely N-dealkylation sites (tertiary alicyclic amines) is 1. The van der Waals surface area contributed by atoms with Gasteiger partial charge in [0.05, 0.1) is 20.8 Å². The normalized spacial score (nSPS) is 16.0. The number of urea groups is 1. The van der Waals surface area contributed by atoms with Crippen LogP contribution >= 0.6 is 0 Å². The zero-order valence-electron chi connectivity index (χ0n) is 18.3. The number of carbonyl (C=O) groups excluding carboxylic acids is 2. The highest BCUT2D eigenvalue weighted by atomic mass is 16.5. The maximum absolute atomic E-state index is 13.1. The Morgan fingerprint density at radius 1 is 0.968 bits per heavy atom. The minimum Gasteiger partial charge on any atom is -0.497 e. The van der Waals surface area contributed by atoms with Crippen molar-refractivity contribution in [2.75, 3.05) is 39.2 Å². The second kappa shape index (κ2) is 8.87.